The van der Waals surface area contributed by atoms with Crippen LogP contribution in [0.1, 0.15) is 19.4 Å². The van der Waals surface area contributed by atoms with Gasteiger partial charge in [0.15, 0.2) is 0 Å². The third-order valence-corrected chi connectivity index (χ3v) is 2.33. The van der Waals surface area contributed by atoms with E-state index in [0.717, 1.165) is 17.3 Å². The Bertz CT molecular complexity index is 429. The minimum atomic E-state index is -0.449. The second-order valence-electron chi connectivity index (χ2n) is 3.42. The zero-order valence-corrected chi connectivity index (χ0v) is 11.4. The molecule has 0 aromatic heterocycles. The van der Waals surface area contributed by atoms with Crippen molar-refractivity contribution in [3.05, 3.63) is 23.8 Å². The van der Waals surface area contributed by atoms with Crippen molar-refractivity contribution < 1.29 is 19.1 Å². The van der Waals surface area contributed by atoms with Crippen molar-refractivity contribution in [3.63, 3.8) is 0 Å². The fraction of sp³-hybridized carbons (Fsp3) is 0.333. The van der Waals surface area contributed by atoms with Crippen LogP contribution in [-0.4, -0.2) is 28.0 Å². The molecule has 4 nitrogen and oxygen atoms in total. The number of ether oxygens (including phenoxy) is 2. The second-order valence-corrected chi connectivity index (χ2v) is 4.28. The minimum absolute atomic E-state index is 0.261. The molecule has 0 aliphatic carbocycles. The van der Waals surface area contributed by atoms with Crippen LogP contribution in [0, 0.1) is 0 Å². The first-order chi connectivity index (χ1) is 8.02. The van der Waals surface area contributed by atoms with Crippen molar-refractivity contribution in [3.8, 4) is 11.5 Å². The summed E-state index contributed by atoms with van der Waals surface area (Å²) in [5.41, 5.74) is 1.01. The third-order valence-electron chi connectivity index (χ3n) is 1.91. The molecule has 0 heterocycles. The van der Waals surface area contributed by atoms with Gasteiger partial charge in [-0.05, 0) is 0 Å². The molecule has 0 N–H and O–H groups in total. The molecule has 1 aromatic carbocycles. The van der Waals surface area contributed by atoms with Crippen LogP contribution in [0.25, 0.3) is 0 Å². The normalized spacial score (nSPS) is 9.82. The monoisotopic (exact) mass is 301 g/mol. The number of hydrogen-bond donors (Lipinski definition) is 0. The standard InChI is InChI=1S/C12H13O4Se/c1-8(13)15-11-4-3-10(5-6-17)7-12(11)16-9(2)14/h3-4,7H,5-6H2,1-2H3. The van der Waals surface area contributed by atoms with Gasteiger partial charge >= 0.3 is 108 Å². The van der Waals surface area contributed by atoms with Crippen molar-refractivity contribution in [2.75, 3.05) is 0 Å². The van der Waals surface area contributed by atoms with Crippen molar-refractivity contribution in [2.24, 2.45) is 0 Å². The number of carbonyl (C=O) groups is 2. The van der Waals surface area contributed by atoms with E-state index in [2.05, 4.69) is 16.0 Å². The van der Waals surface area contributed by atoms with E-state index < -0.39 is 11.9 Å². The van der Waals surface area contributed by atoms with E-state index in [-0.39, 0.29) is 11.5 Å². The Balaban J connectivity index is 3.02. The van der Waals surface area contributed by atoms with Gasteiger partial charge in [0, 0.05) is 0 Å². The Labute approximate surface area is 108 Å². The van der Waals surface area contributed by atoms with Crippen LogP contribution in [0.5, 0.6) is 11.5 Å². The van der Waals surface area contributed by atoms with Gasteiger partial charge in [0.2, 0.25) is 0 Å². The van der Waals surface area contributed by atoms with Gasteiger partial charge in [-0.25, -0.2) is 0 Å². The molecule has 0 atom stereocenters. The summed E-state index contributed by atoms with van der Waals surface area (Å²) in [7, 11) is 0. The molecule has 17 heavy (non-hydrogen) atoms. The molecular weight excluding hydrogens is 287 g/mol. The zero-order chi connectivity index (χ0) is 12.8. The maximum absolute atomic E-state index is 11.0. The van der Waals surface area contributed by atoms with E-state index in [1.54, 1.807) is 12.1 Å². The number of rotatable bonds is 4. The van der Waals surface area contributed by atoms with Gasteiger partial charge in [0.1, 0.15) is 0 Å². The van der Waals surface area contributed by atoms with Crippen molar-refractivity contribution >= 4 is 28.0 Å². The second kappa shape index (κ2) is 6.42. The molecule has 91 valence electrons. The van der Waals surface area contributed by atoms with Crippen LogP contribution in [-0.2, 0) is 16.0 Å². The number of esters is 2. The van der Waals surface area contributed by atoms with Crippen LogP contribution in [0.3, 0.4) is 0 Å². The summed E-state index contributed by atoms with van der Waals surface area (Å²) in [6.45, 7) is 2.60. The van der Waals surface area contributed by atoms with Gasteiger partial charge in [-0.3, -0.25) is 0 Å². The SMILES string of the molecule is CC(=O)Oc1ccc(CC[Se])cc1OC(C)=O. The van der Waals surface area contributed by atoms with E-state index in [4.69, 9.17) is 9.47 Å². The Morgan fingerprint density at radius 2 is 1.71 bits per heavy atom. The number of carbonyl (C=O) groups excluding carboxylic acids is 2. The fourth-order valence-electron chi connectivity index (χ4n) is 1.30. The molecule has 0 aliphatic rings. The fourth-order valence-corrected chi connectivity index (χ4v) is 1.79. The summed E-state index contributed by atoms with van der Waals surface area (Å²) in [6, 6.07) is 5.17. The quantitative estimate of drug-likeness (QED) is 0.482. The molecule has 0 saturated carbocycles. The van der Waals surface area contributed by atoms with Crippen LogP contribution in [0.2, 0.25) is 5.32 Å². The average Bonchev–Trinajstić information content (AvgIpc) is 2.21. The predicted molar refractivity (Wildman–Crippen MR) is 63.3 cm³/mol. The van der Waals surface area contributed by atoms with Crippen molar-refractivity contribution in [2.45, 2.75) is 25.6 Å². The first-order valence-electron chi connectivity index (χ1n) is 5.11. The summed E-state index contributed by atoms with van der Waals surface area (Å²) in [6.07, 6.45) is 0.828. The molecule has 1 radical (unpaired) electrons. The topological polar surface area (TPSA) is 52.6 Å². The summed E-state index contributed by atoms with van der Waals surface area (Å²) < 4.78 is 9.96. The van der Waals surface area contributed by atoms with Gasteiger partial charge in [-0.2, -0.15) is 0 Å². The molecule has 5 heteroatoms. The molecule has 0 aliphatic heterocycles. The molecule has 0 fully saturated rings. The molecule has 1 rings (SSSR count). The summed E-state index contributed by atoms with van der Waals surface area (Å²) in [5.74, 6) is -0.358. The Morgan fingerprint density at radius 3 is 2.24 bits per heavy atom. The molecule has 0 spiro atoms. The van der Waals surface area contributed by atoms with E-state index in [1.165, 1.54) is 13.8 Å². The molecule has 0 unspecified atom stereocenters. The van der Waals surface area contributed by atoms with E-state index in [1.807, 2.05) is 6.07 Å². The van der Waals surface area contributed by atoms with E-state index in [0.29, 0.717) is 0 Å². The maximum atomic E-state index is 11.0. The molecule has 1 aromatic rings. The summed E-state index contributed by atoms with van der Waals surface area (Å²) in [4.78, 5) is 21.8. The molecule has 0 bridgehead atoms. The first-order valence-corrected chi connectivity index (χ1v) is 6.32. The van der Waals surface area contributed by atoms with Crippen LogP contribution >= 0.6 is 0 Å². The van der Waals surface area contributed by atoms with Crippen LogP contribution in [0.15, 0.2) is 18.2 Å². The van der Waals surface area contributed by atoms with Crippen molar-refractivity contribution in [1.29, 1.82) is 0 Å². The van der Waals surface area contributed by atoms with E-state index >= 15 is 0 Å². The summed E-state index contributed by atoms with van der Waals surface area (Å²) in [5, 5.41) is 0.867. The number of hydrogen-bond acceptors (Lipinski definition) is 4. The Kier molecular flexibility index (Phi) is 5.19. The third kappa shape index (κ3) is 4.59. The number of aryl methyl sites for hydroxylation is 1. The molecular formula is C12H13O4Se. The van der Waals surface area contributed by atoms with Gasteiger partial charge in [0.05, 0.1) is 0 Å². The van der Waals surface area contributed by atoms with Gasteiger partial charge in [-0.15, -0.1) is 0 Å². The summed E-state index contributed by atoms with van der Waals surface area (Å²) >= 11 is 2.91. The Morgan fingerprint density at radius 1 is 1.12 bits per heavy atom. The zero-order valence-electron chi connectivity index (χ0n) is 9.69. The molecule has 0 saturated heterocycles. The van der Waals surface area contributed by atoms with Gasteiger partial charge in [-0.1, -0.05) is 0 Å². The molecule has 0 amide bonds. The average molecular weight is 300 g/mol. The Hall–Kier alpha value is -1.32. The van der Waals surface area contributed by atoms with Crippen molar-refractivity contribution in [1.82, 2.24) is 0 Å². The first kappa shape index (κ1) is 13.7. The van der Waals surface area contributed by atoms with Crippen LogP contribution in [0.4, 0.5) is 0 Å². The van der Waals surface area contributed by atoms with E-state index in [9.17, 15) is 9.59 Å². The van der Waals surface area contributed by atoms with Gasteiger partial charge in [0.25, 0.3) is 0 Å². The van der Waals surface area contributed by atoms with Crippen LogP contribution < -0.4 is 9.47 Å². The number of benzene rings is 1. The predicted octanol–water partition coefficient (Wildman–Crippen LogP) is 1.67. The van der Waals surface area contributed by atoms with Gasteiger partial charge < -0.3 is 0 Å².